The predicted molar refractivity (Wildman–Crippen MR) is 108 cm³/mol. The van der Waals surface area contributed by atoms with E-state index in [1.54, 1.807) is 0 Å². The van der Waals surface area contributed by atoms with E-state index in [9.17, 15) is 0 Å². The van der Waals surface area contributed by atoms with E-state index in [2.05, 4.69) is 76.5 Å². The van der Waals surface area contributed by atoms with Gasteiger partial charge in [0.15, 0.2) is 0 Å². The Morgan fingerprint density at radius 1 is 0.962 bits per heavy atom. The number of likely N-dealkylation sites (tertiary alicyclic amines) is 1. The molecule has 1 heterocycles. The van der Waals surface area contributed by atoms with E-state index in [0.29, 0.717) is 12.5 Å². The second kappa shape index (κ2) is 9.99. The summed E-state index contributed by atoms with van der Waals surface area (Å²) in [6.45, 7) is 4.46. The van der Waals surface area contributed by atoms with Crippen molar-refractivity contribution < 1.29 is 0 Å². The van der Waals surface area contributed by atoms with Gasteiger partial charge in [-0.2, -0.15) is 5.26 Å². The Balaban J connectivity index is 1.52. The van der Waals surface area contributed by atoms with E-state index < -0.39 is 0 Å². The molecule has 0 N–H and O–H groups in total. The van der Waals surface area contributed by atoms with Gasteiger partial charge in [-0.25, -0.2) is 0 Å². The van der Waals surface area contributed by atoms with Crippen molar-refractivity contribution >= 4 is 5.69 Å². The molecule has 0 saturated carbocycles. The third-order valence-corrected chi connectivity index (χ3v) is 5.33. The van der Waals surface area contributed by atoms with Crippen molar-refractivity contribution in [2.45, 2.75) is 38.1 Å². The highest BCUT2D eigenvalue weighted by atomic mass is 15.2. The number of hydrogen-bond acceptors (Lipinski definition) is 3. The van der Waals surface area contributed by atoms with E-state index in [1.165, 1.54) is 37.2 Å². The van der Waals surface area contributed by atoms with Crippen LogP contribution in [0.1, 0.15) is 31.2 Å². The first-order valence-corrected chi connectivity index (χ1v) is 9.82. The number of nitriles is 1. The zero-order valence-corrected chi connectivity index (χ0v) is 15.6. The largest absolute Gasteiger partial charge is 0.368 e. The van der Waals surface area contributed by atoms with Gasteiger partial charge in [0.05, 0.1) is 6.07 Å². The summed E-state index contributed by atoms with van der Waals surface area (Å²) in [5.41, 5.74) is 2.73. The Morgan fingerprint density at radius 2 is 1.62 bits per heavy atom. The SMILES string of the molecule is N#CCCCN(c1ccccc1)C1CCN(CCc2ccccc2)CC1. The fourth-order valence-corrected chi connectivity index (χ4v) is 3.86. The van der Waals surface area contributed by atoms with Gasteiger partial charge < -0.3 is 9.80 Å². The molecule has 0 spiro atoms. The number of piperidine rings is 1. The molecule has 3 rings (SSSR count). The summed E-state index contributed by atoms with van der Waals surface area (Å²) in [5, 5.41) is 8.87. The maximum Gasteiger partial charge on any atom is 0.0622 e. The molecule has 0 aromatic heterocycles. The Kier molecular flexibility index (Phi) is 7.10. The van der Waals surface area contributed by atoms with E-state index in [-0.39, 0.29) is 0 Å². The molecule has 0 amide bonds. The van der Waals surface area contributed by atoms with Gasteiger partial charge in [-0.05, 0) is 43.4 Å². The van der Waals surface area contributed by atoms with Gasteiger partial charge in [-0.1, -0.05) is 48.5 Å². The normalized spacial score (nSPS) is 15.5. The lowest BCUT2D eigenvalue weighted by molar-refractivity contribution is 0.211. The van der Waals surface area contributed by atoms with Crippen LogP contribution in [-0.4, -0.2) is 37.1 Å². The molecule has 0 radical (unpaired) electrons. The molecule has 2 aromatic carbocycles. The zero-order valence-electron chi connectivity index (χ0n) is 15.6. The average Bonchev–Trinajstić information content (AvgIpc) is 2.72. The topological polar surface area (TPSA) is 30.3 Å². The van der Waals surface area contributed by atoms with E-state index >= 15 is 0 Å². The molecule has 0 unspecified atom stereocenters. The van der Waals surface area contributed by atoms with Gasteiger partial charge in [-0.15, -0.1) is 0 Å². The monoisotopic (exact) mass is 347 g/mol. The van der Waals surface area contributed by atoms with Crippen LogP contribution in [0, 0.1) is 11.3 Å². The molecular weight excluding hydrogens is 318 g/mol. The lowest BCUT2D eigenvalue weighted by atomic mass is 10.0. The third-order valence-electron chi connectivity index (χ3n) is 5.33. The molecule has 0 aliphatic carbocycles. The zero-order chi connectivity index (χ0) is 18.0. The van der Waals surface area contributed by atoms with Crippen LogP contribution in [0.25, 0.3) is 0 Å². The number of unbranched alkanes of at least 4 members (excludes halogenated alkanes) is 1. The molecule has 1 fully saturated rings. The summed E-state index contributed by atoms with van der Waals surface area (Å²) in [4.78, 5) is 5.13. The van der Waals surface area contributed by atoms with Crippen LogP contribution < -0.4 is 4.90 Å². The highest BCUT2D eigenvalue weighted by molar-refractivity contribution is 5.47. The van der Waals surface area contributed by atoms with Crippen molar-refractivity contribution in [1.29, 1.82) is 5.26 Å². The van der Waals surface area contributed by atoms with Gasteiger partial charge in [0.2, 0.25) is 0 Å². The molecule has 0 atom stereocenters. The first-order chi connectivity index (χ1) is 12.9. The van der Waals surface area contributed by atoms with Gasteiger partial charge >= 0.3 is 0 Å². The van der Waals surface area contributed by atoms with Crippen LogP contribution in [0.15, 0.2) is 60.7 Å². The van der Waals surface area contributed by atoms with Crippen LogP contribution in [0.2, 0.25) is 0 Å². The van der Waals surface area contributed by atoms with Crippen LogP contribution >= 0.6 is 0 Å². The van der Waals surface area contributed by atoms with Gasteiger partial charge in [0.1, 0.15) is 0 Å². The molecule has 136 valence electrons. The Morgan fingerprint density at radius 3 is 2.27 bits per heavy atom. The second-order valence-corrected chi connectivity index (χ2v) is 7.10. The standard InChI is InChI=1S/C23H29N3/c24-16-7-8-17-26(22-11-5-2-6-12-22)23-14-19-25(20-15-23)18-13-21-9-3-1-4-10-21/h1-6,9-12,23H,7-8,13-15,17-20H2. The quantitative estimate of drug-likeness (QED) is 0.659. The molecular formula is C23H29N3. The highest BCUT2D eigenvalue weighted by Gasteiger charge is 2.24. The van der Waals surface area contributed by atoms with Gasteiger partial charge in [-0.3, -0.25) is 0 Å². The number of nitrogens with zero attached hydrogens (tertiary/aromatic N) is 3. The summed E-state index contributed by atoms with van der Waals surface area (Å²) < 4.78 is 0. The number of rotatable bonds is 8. The summed E-state index contributed by atoms with van der Waals surface area (Å²) in [6.07, 6.45) is 5.13. The minimum atomic E-state index is 0.587. The van der Waals surface area contributed by atoms with Crippen molar-refractivity contribution in [2.24, 2.45) is 0 Å². The van der Waals surface area contributed by atoms with Crippen molar-refractivity contribution in [2.75, 3.05) is 31.1 Å². The number of anilines is 1. The molecule has 2 aromatic rings. The lowest BCUT2D eigenvalue weighted by Crippen LogP contribution is -2.46. The fraction of sp³-hybridized carbons (Fsp3) is 0.435. The second-order valence-electron chi connectivity index (χ2n) is 7.10. The molecule has 1 aliphatic rings. The average molecular weight is 348 g/mol. The molecule has 3 nitrogen and oxygen atoms in total. The smallest absolute Gasteiger partial charge is 0.0622 e. The van der Waals surface area contributed by atoms with E-state index in [0.717, 1.165) is 25.9 Å². The van der Waals surface area contributed by atoms with Crippen molar-refractivity contribution in [3.8, 4) is 6.07 Å². The Hall–Kier alpha value is -2.31. The predicted octanol–water partition coefficient (Wildman–Crippen LogP) is 4.50. The summed E-state index contributed by atoms with van der Waals surface area (Å²) >= 11 is 0. The molecule has 0 bridgehead atoms. The van der Waals surface area contributed by atoms with Crippen molar-refractivity contribution in [1.82, 2.24) is 4.90 Å². The highest BCUT2D eigenvalue weighted by Crippen LogP contribution is 2.24. The van der Waals surface area contributed by atoms with E-state index in [1.807, 2.05) is 0 Å². The van der Waals surface area contributed by atoms with Crippen LogP contribution in [-0.2, 0) is 6.42 Å². The molecule has 3 heteroatoms. The van der Waals surface area contributed by atoms with E-state index in [4.69, 9.17) is 5.26 Å². The minimum absolute atomic E-state index is 0.587. The summed E-state index contributed by atoms with van der Waals surface area (Å²) in [6, 6.07) is 24.3. The molecule has 1 saturated heterocycles. The lowest BCUT2D eigenvalue weighted by Gasteiger charge is -2.40. The van der Waals surface area contributed by atoms with Gasteiger partial charge in [0.25, 0.3) is 0 Å². The van der Waals surface area contributed by atoms with Crippen LogP contribution in [0.5, 0.6) is 0 Å². The Labute approximate surface area is 157 Å². The summed E-state index contributed by atoms with van der Waals surface area (Å²) in [5.74, 6) is 0. The van der Waals surface area contributed by atoms with Crippen molar-refractivity contribution in [3.63, 3.8) is 0 Å². The number of hydrogen-bond donors (Lipinski definition) is 0. The molecule has 1 aliphatic heterocycles. The summed E-state index contributed by atoms with van der Waals surface area (Å²) in [7, 11) is 0. The first kappa shape index (κ1) is 18.5. The number of para-hydroxylation sites is 1. The first-order valence-electron chi connectivity index (χ1n) is 9.82. The Bertz CT molecular complexity index is 670. The van der Waals surface area contributed by atoms with Crippen LogP contribution in [0.3, 0.4) is 0 Å². The maximum absolute atomic E-state index is 8.87. The molecule has 26 heavy (non-hydrogen) atoms. The number of benzene rings is 2. The maximum atomic E-state index is 8.87. The minimum Gasteiger partial charge on any atom is -0.368 e. The third kappa shape index (κ3) is 5.34. The fourth-order valence-electron chi connectivity index (χ4n) is 3.86. The van der Waals surface area contributed by atoms with Crippen LogP contribution in [0.4, 0.5) is 5.69 Å². The van der Waals surface area contributed by atoms with Gasteiger partial charge in [0, 0.05) is 44.3 Å². The van der Waals surface area contributed by atoms with Crippen molar-refractivity contribution in [3.05, 3.63) is 66.2 Å².